The number of aryl methyl sites for hydroxylation is 1. The highest BCUT2D eigenvalue weighted by Gasteiger charge is 2.45. The smallest absolute Gasteiger partial charge is 0.223 e. The van der Waals surface area contributed by atoms with Crippen LogP contribution < -0.4 is 5.32 Å². The van der Waals surface area contributed by atoms with Crippen LogP contribution in [0.3, 0.4) is 0 Å². The van der Waals surface area contributed by atoms with Gasteiger partial charge in [-0.15, -0.1) is 0 Å². The Balaban J connectivity index is 1.75. The maximum Gasteiger partial charge on any atom is 0.223 e. The Kier molecular flexibility index (Phi) is 4.51. The van der Waals surface area contributed by atoms with Crippen molar-refractivity contribution >= 4 is 29.1 Å². The number of halogens is 2. The number of benzene rings is 2. The fourth-order valence-corrected chi connectivity index (χ4v) is 5.05. The summed E-state index contributed by atoms with van der Waals surface area (Å²) >= 11 is 12.7. The van der Waals surface area contributed by atoms with Gasteiger partial charge in [0, 0.05) is 22.5 Å². The van der Waals surface area contributed by atoms with Gasteiger partial charge in [-0.3, -0.25) is 4.79 Å². The highest BCUT2D eigenvalue weighted by atomic mass is 35.5. The van der Waals surface area contributed by atoms with Crippen molar-refractivity contribution in [2.24, 2.45) is 11.8 Å². The predicted octanol–water partition coefficient (Wildman–Crippen LogP) is 5.33. The van der Waals surface area contributed by atoms with Gasteiger partial charge in [-0.05, 0) is 72.4 Å². The average molecular weight is 374 g/mol. The van der Waals surface area contributed by atoms with Gasteiger partial charge in [0.25, 0.3) is 0 Å². The monoisotopic (exact) mass is 373 g/mol. The van der Waals surface area contributed by atoms with Gasteiger partial charge >= 0.3 is 0 Å². The van der Waals surface area contributed by atoms with E-state index in [1.54, 1.807) is 0 Å². The summed E-state index contributed by atoms with van der Waals surface area (Å²) in [5.74, 6) is 1.32. The first kappa shape index (κ1) is 16.9. The number of hydrogen-bond acceptors (Lipinski definition) is 1. The molecule has 2 nitrogen and oxygen atoms in total. The minimum absolute atomic E-state index is 0.112. The summed E-state index contributed by atoms with van der Waals surface area (Å²) in [5, 5.41) is 4.62. The lowest BCUT2D eigenvalue weighted by Gasteiger charge is -2.38. The maximum atomic E-state index is 12.2. The van der Waals surface area contributed by atoms with E-state index in [0.29, 0.717) is 11.8 Å². The molecule has 4 unspecified atom stereocenters. The zero-order chi connectivity index (χ0) is 17.6. The van der Waals surface area contributed by atoms with Gasteiger partial charge in [0.1, 0.15) is 0 Å². The Labute approximate surface area is 158 Å². The van der Waals surface area contributed by atoms with Gasteiger partial charge in [0.15, 0.2) is 0 Å². The van der Waals surface area contributed by atoms with Crippen molar-refractivity contribution in [2.75, 3.05) is 6.54 Å². The summed E-state index contributed by atoms with van der Waals surface area (Å²) in [5.41, 5.74) is 3.61. The van der Waals surface area contributed by atoms with Crippen molar-refractivity contribution in [1.82, 2.24) is 5.32 Å². The molecule has 0 aromatic heterocycles. The highest BCUT2D eigenvalue weighted by Crippen LogP contribution is 2.51. The second kappa shape index (κ2) is 6.66. The normalized spacial score (nSPS) is 28.5. The van der Waals surface area contributed by atoms with E-state index in [4.69, 9.17) is 23.2 Å². The Bertz CT molecular complexity index is 802. The van der Waals surface area contributed by atoms with E-state index in [1.165, 1.54) is 16.7 Å². The first-order valence-electron chi connectivity index (χ1n) is 8.82. The second-order valence-corrected chi connectivity index (χ2v) is 8.22. The predicted molar refractivity (Wildman–Crippen MR) is 102 cm³/mol. The number of hydrogen-bond donors (Lipinski definition) is 1. The minimum Gasteiger partial charge on any atom is -0.356 e. The van der Waals surface area contributed by atoms with Gasteiger partial charge in [0.2, 0.25) is 5.91 Å². The van der Waals surface area contributed by atoms with Crippen molar-refractivity contribution in [3.8, 4) is 0 Å². The van der Waals surface area contributed by atoms with Crippen molar-refractivity contribution in [1.29, 1.82) is 0 Å². The van der Waals surface area contributed by atoms with Crippen LogP contribution in [-0.2, 0) is 4.79 Å². The van der Waals surface area contributed by atoms with Crippen LogP contribution in [0.25, 0.3) is 0 Å². The Morgan fingerprint density at radius 2 is 1.72 bits per heavy atom. The van der Waals surface area contributed by atoms with Crippen LogP contribution in [0.2, 0.25) is 10.0 Å². The topological polar surface area (TPSA) is 29.1 Å². The fraction of sp³-hybridized carbons (Fsp3) is 0.381. The lowest BCUT2D eigenvalue weighted by molar-refractivity contribution is -0.123. The van der Waals surface area contributed by atoms with Crippen LogP contribution in [0.1, 0.15) is 41.4 Å². The third kappa shape index (κ3) is 3.18. The number of carbonyl (C=O) groups excluding carboxylic acids is 1. The number of nitrogens with one attached hydrogen (secondary N) is 1. The molecule has 0 spiro atoms. The molecule has 1 aliphatic heterocycles. The maximum absolute atomic E-state index is 12.2. The number of rotatable bonds is 2. The van der Waals surface area contributed by atoms with E-state index >= 15 is 0 Å². The van der Waals surface area contributed by atoms with Gasteiger partial charge in [-0.25, -0.2) is 0 Å². The van der Waals surface area contributed by atoms with E-state index < -0.39 is 0 Å². The first-order valence-corrected chi connectivity index (χ1v) is 9.57. The molecule has 1 N–H and O–H groups in total. The summed E-state index contributed by atoms with van der Waals surface area (Å²) in [4.78, 5) is 12.2. The molecule has 2 aliphatic rings. The molecule has 4 heteroatoms. The van der Waals surface area contributed by atoms with E-state index in [9.17, 15) is 4.79 Å². The van der Waals surface area contributed by atoms with Crippen molar-refractivity contribution in [3.05, 3.63) is 69.2 Å². The van der Waals surface area contributed by atoms with E-state index in [2.05, 4.69) is 36.5 Å². The second-order valence-electron chi connectivity index (χ2n) is 7.37. The molecule has 0 bridgehead atoms. The first-order chi connectivity index (χ1) is 12.0. The molecule has 25 heavy (non-hydrogen) atoms. The Morgan fingerprint density at radius 1 is 0.960 bits per heavy atom. The summed E-state index contributed by atoms with van der Waals surface area (Å²) in [6.07, 6.45) is 1.85. The van der Waals surface area contributed by atoms with Gasteiger partial charge in [0.05, 0.1) is 0 Å². The van der Waals surface area contributed by atoms with Crippen molar-refractivity contribution in [2.45, 2.75) is 31.6 Å². The van der Waals surface area contributed by atoms with Crippen LogP contribution in [0.4, 0.5) is 0 Å². The van der Waals surface area contributed by atoms with Gasteiger partial charge < -0.3 is 5.32 Å². The number of fused-ring (bicyclic) bond motifs is 1. The molecule has 1 saturated heterocycles. The molecule has 4 rings (SSSR count). The molecule has 1 amide bonds. The largest absolute Gasteiger partial charge is 0.356 e. The standard InChI is InChI=1S/C21H21Cl2NO/c1-12-2-7-16(20(23)8-12)19-9-14-11-24-21(25)18(14)10-17(19)13-3-5-15(22)6-4-13/h2-8,14,17-19H,9-11H2,1H3,(H,24,25). The average Bonchev–Trinajstić information content (AvgIpc) is 2.95. The van der Waals surface area contributed by atoms with Crippen LogP contribution in [0.15, 0.2) is 42.5 Å². The molecule has 1 saturated carbocycles. The van der Waals surface area contributed by atoms with Crippen LogP contribution in [0, 0.1) is 18.8 Å². The molecule has 2 fully saturated rings. The summed E-state index contributed by atoms with van der Waals surface area (Å²) in [7, 11) is 0. The van der Waals surface area contributed by atoms with Gasteiger partial charge in [-0.1, -0.05) is 47.5 Å². The molecular formula is C21H21Cl2NO. The number of amides is 1. The van der Waals surface area contributed by atoms with Crippen molar-refractivity contribution < 1.29 is 4.79 Å². The number of carbonyl (C=O) groups is 1. The SMILES string of the molecule is Cc1ccc(C2CC3CNC(=O)C3CC2c2ccc(Cl)cc2)c(Cl)c1. The van der Waals surface area contributed by atoms with Gasteiger partial charge in [-0.2, -0.15) is 0 Å². The Hall–Kier alpha value is -1.51. The molecule has 2 aromatic rings. The molecule has 0 radical (unpaired) electrons. The summed E-state index contributed by atoms with van der Waals surface area (Å²) in [6, 6.07) is 14.4. The third-order valence-corrected chi connectivity index (χ3v) is 6.43. The van der Waals surface area contributed by atoms with E-state index in [1.807, 2.05) is 18.2 Å². The molecule has 1 heterocycles. The molecule has 130 valence electrons. The van der Waals surface area contributed by atoms with E-state index in [-0.39, 0.29) is 17.7 Å². The van der Waals surface area contributed by atoms with Crippen molar-refractivity contribution in [3.63, 3.8) is 0 Å². The van der Waals surface area contributed by atoms with Crippen LogP contribution >= 0.6 is 23.2 Å². The minimum atomic E-state index is 0.112. The zero-order valence-electron chi connectivity index (χ0n) is 14.1. The molecule has 1 aliphatic carbocycles. The fourth-order valence-electron chi connectivity index (χ4n) is 4.55. The summed E-state index contributed by atoms with van der Waals surface area (Å²) in [6.45, 7) is 2.85. The van der Waals surface area contributed by atoms with Crippen LogP contribution in [0.5, 0.6) is 0 Å². The quantitative estimate of drug-likeness (QED) is 0.757. The molecule has 2 aromatic carbocycles. The van der Waals surface area contributed by atoms with Crippen LogP contribution in [-0.4, -0.2) is 12.5 Å². The van der Waals surface area contributed by atoms with E-state index in [0.717, 1.165) is 29.4 Å². The molecular weight excluding hydrogens is 353 g/mol. The third-order valence-electron chi connectivity index (χ3n) is 5.85. The Morgan fingerprint density at radius 3 is 2.44 bits per heavy atom. The lowest BCUT2D eigenvalue weighted by Crippen LogP contribution is -2.30. The zero-order valence-corrected chi connectivity index (χ0v) is 15.6. The summed E-state index contributed by atoms with van der Waals surface area (Å²) < 4.78 is 0. The highest BCUT2D eigenvalue weighted by molar-refractivity contribution is 6.31. The lowest BCUT2D eigenvalue weighted by atomic mass is 9.65. The molecule has 4 atom stereocenters.